The minimum atomic E-state index is -1.62. The first-order chi connectivity index (χ1) is 19.3. The number of anilines is 1. The van der Waals surface area contributed by atoms with Gasteiger partial charge in [-0.1, -0.05) is 71.8 Å². The van der Waals surface area contributed by atoms with E-state index in [1.54, 1.807) is 60.7 Å². The van der Waals surface area contributed by atoms with Crippen molar-refractivity contribution in [1.82, 2.24) is 0 Å². The smallest absolute Gasteiger partial charge is 0.185 e. The molecule has 0 bridgehead atoms. The Morgan fingerprint density at radius 2 is 1.52 bits per heavy atom. The van der Waals surface area contributed by atoms with Crippen LogP contribution in [0.5, 0.6) is 0 Å². The quantitative estimate of drug-likeness (QED) is 0.203. The lowest BCUT2D eigenvalue weighted by molar-refractivity contribution is 0.0666. The number of ketones is 3. The Labute approximate surface area is 235 Å². The van der Waals surface area contributed by atoms with Gasteiger partial charge in [-0.2, -0.15) is 0 Å². The second-order valence-electron chi connectivity index (χ2n) is 10.7. The first kappa shape index (κ1) is 24.7. The summed E-state index contributed by atoms with van der Waals surface area (Å²) in [4.78, 5) is 45.6. The fraction of sp³-hybridized carbons (Fsp3) is 0.147. The van der Waals surface area contributed by atoms with Crippen LogP contribution in [0.25, 0.3) is 6.08 Å². The van der Waals surface area contributed by atoms with E-state index in [-0.39, 0.29) is 17.3 Å². The van der Waals surface area contributed by atoms with Crippen molar-refractivity contribution in [2.45, 2.75) is 24.9 Å². The van der Waals surface area contributed by atoms with Gasteiger partial charge in [-0.3, -0.25) is 14.4 Å². The van der Waals surface area contributed by atoms with Crippen LogP contribution in [-0.2, 0) is 0 Å². The number of carbonyl (C=O) groups is 3. The number of rotatable bonds is 3. The van der Waals surface area contributed by atoms with E-state index in [1.165, 1.54) is 12.1 Å². The Balaban J connectivity index is 1.54. The third-order valence-electron chi connectivity index (χ3n) is 8.59. The SMILES string of the molecule is Cc1ccc2c(c1)C=CC1N2C(C(=O)c2ccc(Cl)cc2)C(c2ccc(F)cc2)C12C(=O)c1ccccc1C2=O. The van der Waals surface area contributed by atoms with Crippen molar-refractivity contribution < 1.29 is 18.8 Å². The van der Waals surface area contributed by atoms with Gasteiger partial charge < -0.3 is 4.90 Å². The molecule has 3 aliphatic rings. The summed E-state index contributed by atoms with van der Waals surface area (Å²) in [6.45, 7) is 1.99. The van der Waals surface area contributed by atoms with Crippen molar-refractivity contribution in [3.8, 4) is 0 Å². The minimum absolute atomic E-state index is 0.244. The second-order valence-corrected chi connectivity index (χ2v) is 11.1. The van der Waals surface area contributed by atoms with E-state index < -0.39 is 29.2 Å². The molecule has 1 aliphatic carbocycles. The average Bonchev–Trinajstić information content (AvgIpc) is 3.39. The number of halogens is 2. The monoisotopic (exact) mass is 547 g/mol. The molecule has 4 aromatic carbocycles. The van der Waals surface area contributed by atoms with Crippen molar-refractivity contribution >= 4 is 40.7 Å². The van der Waals surface area contributed by atoms with Crippen molar-refractivity contribution in [3.05, 3.63) is 141 Å². The number of fused-ring (bicyclic) bond motifs is 5. The highest BCUT2D eigenvalue weighted by molar-refractivity contribution is 6.32. The summed E-state index contributed by atoms with van der Waals surface area (Å²) >= 11 is 6.14. The normalized spacial score (nSPS) is 21.9. The largest absolute Gasteiger partial charge is 0.352 e. The van der Waals surface area contributed by atoms with E-state index in [1.807, 2.05) is 42.2 Å². The van der Waals surface area contributed by atoms with Gasteiger partial charge in [-0.15, -0.1) is 0 Å². The first-order valence-corrected chi connectivity index (χ1v) is 13.5. The van der Waals surface area contributed by atoms with E-state index in [0.717, 1.165) is 16.8 Å². The molecule has 1 saturated heterocycles. The van der Waals surface area contributed by atoms with Crippen molar-refractivity contribution in [1.29, 1.82) is 0 Å². The Bertz CT molecular complexity index is 1720. The minimum Gasteiger partial charge on any atom is -0.352 e. The van der Waals surface area contributed by atoms with Gasteiger partial charge in [0.1, 0.15) is 17.3 Å². The molecule has 0 saturated carbocycles. The molecule has 3 atom stereocenters. The molecule has 1 spiro atoms. The zero-order chi connectivity index (χ0) is 27.8. The molecule has 0 aromatic heterocycles. The summed E-state index contributed by atoms with van der Waals surface area (Å²) in [6.07, 6.45) is 3.82. The maximum atomic E-state index is 14.6. The van der Waals surface area contributed by atoms with Crippen LogP contribution in [0.1, 0.15) is 53.7 Å². The summed E-state index contributed by atoms with van der Waals surface area (Å²) < 4.78 is 14.2. The van der Waals surface area contributed by atoms with E-state index in [9.17, 15) is 18.8 Å². The lowest BCUT2D eigenvalue weighted by Crippen LogP contribution is -2.48. The molecule has 2 heterocycles. The maximum absolute atomic E-state index is 14.6. The number of benzene rings is 4. The molecule has 4 aromatic rings. The van der Waals surface area contributed by atoms with Crippen LogP contribution in [0.4, 0.5) is 10.1 Å². The summed E-state index contributed by atoms with van der Waals surface area (Å²) in [5.74, 6) is -2.20. The molecule has 3 unspecified atom stereocenters. The molecule has 0 amide bonds. The molecule has 7 rings (SSSR count). The highest BCUT2D eigenvalue weighted by Crippen LogP contribution is 2.61. The van der Waals surface area contributed by atoms with E-state index in [0.29, 0.717) is 27.3 Å². The predicted octanol–water partition coefficient (Wildman–Crippen LogP) is 7.10. The number of aryl methyl sites for hydroxylation is 1. The molecule has 2 aliphatic heterocycles. The fourth-order valence-corrected chi connectivity index (χ4v) is 7.05. The summed E-state index contributed by atoms with van der Waals surface area (Å²) in [6, 6.07) is 23.5. The standard InChI is InChI=1S/C34H23ClFNO3/c1-19-6-16-27-22(18-19)11-17-28-34(32(39)25-4-2-3-5-26(25)33(34)40)29(20-9-14-24(36)15-10-20)30(37(27)28)31(38)21-7-12-23(35)13-8-21/h2-18,28-30H,1H3. The van der Waals surface area contributed by atoms with Crippen LogP contribution >= 0.6 is 11.6 Å². The zero-order valence-corrected chi connectivity index (χ0v) is 22.2. The van der Waals surface area contributed by atoms with Crippen molar-refractivity contribution in [3.63, 3.8) is 0 Å². The highest BCUT2D eigenvalue weighted by atomic mass is 35.5. The summed E-state index contributed by atoms with van der Waals surface area (Å²) in [5, 5.41) is 0.491. The van der Waals surface area contributed by atoms with Gasteiger partial charge in [0, 0.05) is 33.3 Å². The number of carbonyl (C=O) groups excluding carboxylic acids is 3. The lowest BCUT2D eigenvalue weighted by atomic mass is 9.64. The lowest BCUT2D eigenvalue weighted by Gasteiger charge is -2.37. The number of hydrogen-bond donors (Lipinski definition) is 0. The molecular formula is C34H23ClFNO3. The summed E-state index contributed by atoms with van der Waals surface area (Å²) in [5.41, 5.74) is 2.77. The number of hydrogen-bond acceptors (Lipinski definition) is 4. The Morgan fingerprint density at radius 1 is 0.875 bits per heavy atom. The van der Waals surface area contributed by atoms with Crippen LogP contribution in [0.15, 0.2) is 97.1 Å². The molecule has 0 radical (unpaired) electrons. The van der Waals surface area contributed by atoms with Crippen molar-refractivity contribution in [2.24, 2.45) is 5.41 Å². The third-order valence-corrected chi connectivity index (χ3v) is 8.84. The Hall–Kier alpha value is -4.35. The van der Waals surface area contributed by atoms with Crippen LogP contribution < -0.4 is 4.90 Å². The number of nitrogens with zero attached hydrogens (tertiary/aromatic N) is 1. The van der Waals surface area contributed by atoms with Crippen LogP contribution in [-0.4, -0.2) is 29.4 Å². The van der Waals surface area contributed by atoms with E-state index in [2.05, 4.69) is 0 Å². The fourth-order valence-electron chi connectivity index (χ4n) is 6.92. The van der Waals surface area contributed by atoms with Crippen molar-refractivity contribution in [2.75, 3.05) is 4.90 Å². The van der Waals surface area contributed by atoms with Gasteiger partial charge in [0.2, 0.25) is 0 Å². The maximum Gasteiger partial charge on any atom is 0.185 e. The van der Waals surface area contributed by atoms with Gasteiger partial charge >= 0.3 is 0 Å². The molecule has 4 nitrogen and oxygen atoms in total. The van der Waals surface area contributed by atoms with Crippen LogP contribution in [0.2, 0.25) is 5.02 Å². The Morgan fingerprint density at radius 3 is 2.17 bits per heavy atom. The predicted molar refractivity (Wildman–Crippen MR) is 153 cm³/mol. The molecule has 0 N–H and O–H groups in total. The molecular weight excluding hydrogens is 525 g/mol. The van der Waals surface area contributed by atoms with Gasteiger partial charge in [0.05, 0.1) is 6.04 Å². The van der Waals surface area contributed by atoms with Gasteiger partial charge in [-0.25, -0.2) is 4.39 Å². The van der Waals surface area contributed by atoms with Gasteiger partial charge in [0.15, 0.2) is 17.3 Å². The molecule has 196 valence electrons. The average molecular weight is 548 g/mol. The molecule has 40 heavy (non-hydrogen) atoms. The van der Waals surface area contributed by atoms with Crippen LogP contribution in [0, 0.1) is 18.2 Å². The zero-order valence-electron chi connectivity index (χ0n) is 21.5. The third kappa shape index (κ3) is 3.28. The topological polar surface area (TPSA) is 54.5 Å². The van der Waals surface area contributed by atoms with Crippen LogP contribution in [0.3, 0.4) is 0 Å². The van der Waals surface area contributed by atoms with Gasteiger partial charge in [0.25, 0.3) is 0 Å². The van der Waals surface area contributed by atoms with E-state index >= 15 is 0 Å². The second kappa shape index (κ2) is 8.83. The summed E-state index contributed by atoms with van der Waals surface area (Å²) in [7, 11) is 0. The molecule has 1 fully saturated rings. The molecule has 6 heteroatoms. The Kier molecular flexibility index (Phi) is 5.45. The number of Topliss-reactive ketones (excluding diaryl/α,β-unsaturated/α-hetero) is 3. The highest BCUT2D eigenvalue weighted by Gasteiger charge is 2.71. The first-order valence-electron chi connectivity index (χ1n) is 13.1. The van der Waals surface area contributed by atoms with Gasteiger partial charge in [-0.05, 0) is 66.6 Å². The van der Waals surface area contributed by atoms with E-state index in [4.69, 9.17) is 11.6 Å².